The van der Waals surface area contributed by atoms with Crippen LogP contribution < -0.4 is 24.8 Å². The number of carboxylic acid groups (broad SMARTS) is 1. The summed E-state index contributed by atoms with van der Waals surface area (Å²) in [5, 5.41) is 21.5. The molecule has 16 heteroatoms. The van der Waals surface area contributed by atoms with Crippen molar-refractivity contribution in [3.63, 3.8) is 0 Å². The molecule has 272 valence electrons. The molecular formula is C36H36F3N7O6. The molecule has 1 saturated heterocycles. The molecule has 1 fully saturated rings. The number of amides is 2. The molecule has 0 aliphatic carbocycles. The number of benzene rings is 2. The summed E-state index contributed by atoms with van der Waals surface area (Å²) in [6.45, 7) is 2.44. The molecule has 3 N–H and O–H groups in total. The van der Waals surface area contributed by atoms with Crippen molar-refractivity contribution in [2.45, 2.75) is 44.4 Å². The number of nitrogens with one attached hydrogen (secondary N) is 2. The van der Waals surface area contributed by atoms with Crippen molar-refractivity contribution in [1.29, 1.82) is 0 Å². The van der Waals surface area contributed by atoms with Crippen LogP contribution in [0.5, 0.6) is 17.2 Å². The third kappa shape index (κ3) is 7.22. The molecule has 0 saturated carbocycles. The van der Waals surface area contributed by atoms with Crippen LogP contribution in [0.2, 0.25) is 0 Å². The number of hydrogen-bond donors (Lipinski definition) is 3. The van der Waals surface area contributed by atoms with Gasteiger partial charge in [-0.2, -0.15) is 18.3 Å². The van der Waals surface area contributed by atoms with Gasteiger partial charge in [0.1, 0.15) is 34.3 Å². The molecule has 0 radical (unpaired) electrons. The van der Waals surface area contributed by atoms with Crippen molar-refractivity contribution in [2.75, 3.05) is 38.5 Å². The third-order valence-electron chi connectivity index (χ3n) is 9.07. The molecule has 13 nitrogen and oxygen atoms in total. The molecule has 6 rings (SSSR count). The highest BCUT2D eigenvalue weighted by Crippen LogP contribution is 2.39. The molecule has 4 heterocycles. The van der Waals surface area contributed by atoms with Crippen LogP contribution in [-0.2, 0) is 12.7 Å². The molecule has 1 aliphatic heterocycles. The topological polar surface area (TPSA) is 153 Å². The first-order valence-corrected chi connectivity index (χ1v) is 16.3. The first-order valence-electron chi connectivity index (χ1n) is 16.3. The zero-order valence-corrected chi connectivity index (χ0v) is 28.7. The van der Waals surface area contributed by atoms with E-state index in [2.05, 4.69) is 20.6 Å². The van der Waals surface area contributed by atoms with E-state index in [0.29, 0.717) is 53.6 Å². The zero-order valence-electron chi connectivity index (χ0n) is 28.7. The Morgan fingerprint density at radius 3 is 2.42 bits per heavy atom. The lowest BCUT2D eigenvalue weighted by Gasteiger charge is -2.35. The summed E-state index contributed by atoms with van der Waals surface area (Å²) in [5.41, 5.74) is 1.65. The number of alkyl halides is 3. The molecule has 0 spiro atoms. The highest BCUT2D eigenvalue weighted by Gasteiger charge is 2.34. The molecule has 2 atom stereocenters. The van der Waals surface area contributed by atoms with E-state index in [1.165, 1.54) is 24.1 Å². The van der Waals surface area contributed by atoms with E-state index in [0.717, 1.165) is 29.3 Å². The predicted molar refractivity (Wildman–Crippen MR) is 186 cm³/mol. The Kier molecular flexibility index (Phi) is 10.1. The maximum Gasteiger partial charge on any atom is 0.416 e. The molecule has 2 unspecified atom stereocenters. The standard InChI is InChI=1S/C36H36F3N7O6/c1-20-5-6-23(19-45(20)35(48)49)31-26-12-14-41-33(42-18-22-7-9-25(50-2)17-28(22)51-3)32(26)46(44-31)27-10-8-21(15-29(27)52-4)34(47)43-30-16-24(11-13-40-30)36(37,38)39/h7-17,20,23H,5-6,18-19H2,1-4H3,(H,41,42)(H,48,49)(H,40,43,47). The number of ether oxygens (including phenoxy) is 3. The monoisotopic (exact) mass is 719 g/mol. The van der Waals surface area contributed by atoms with Crippen molar-refractivity contribution >= 4 is 34.5 Å². The third-order valence-corrected chi connectivity index (χ3v) is 9.07. The zero-order chi connectivity index (χ0) is 37.2. The van der Waals surface area contributed by atoms with Gasteiger partial charge in [-0.1, -0.05) is 0 Å². The van der Waals surface area contributed by atoms with Crippen molar-refractivity contribution in [2.24, 2.45) is 0 Å². The molecule has 0 bridgehead atoms. The molecular weight excluding hydrogens is 683 g/mol. The van der Waals surface area contributed by atoms with Crippen LogP contribution in [0.1, 0.15) is 52.9 Å². The SMILES string of the molecule is COc1ccc(CNc2nccc3c(C4CCC(C)N(C(=O)O)C4)nn(-c4ccc(C(=O)Nc5cc(C(F)(F)F)ccn5)cc4OC)c23)c(OC)c1. The number of methoxy groups -OCH3 is 3. The quantitative estimate of drug-likeness (QED) is 0.138. The molecule has 52 heavy (non-hydrogen) atoms. The van der Waals surface area contributed by atoms with Gasteiger partial charge in [0, 0.05) is 60.0 Å². The first kappa shape index (κ1) is 35.8. The second-order valence-electron chi connectivity index (χ2n) is 12.2. The van der Waals surface area contributed by atoms with E-state index in [4.69, 9.17) is 19.3 Å². The van der Waals surface area contributed by atoms with Gasteiger partial charge < -0.3 is 34.9 Å². The van der Waals surface area contributed by atoms with Crippen LogP contribution >= 0.6 is 0 Å². The van der Waals surface area contributed by atoms with Gasteiger partial charge >= 0.3 is 12.3 Å². The number of nitrogens with zero attached hydrogens (tertiary/aromatic N) is 5. The summed E-state index contributed by atoms with van der Waals surface area (Å²) in [6, 6.07) is 13.3. The van der Waals surface area contributed by atoms with E-state index >= 15 is 0 Å². The molecule has 3 aromatic heterocycles. The number of carbonyl (C=O) groups excluding carboxylic acids is 1. The number of piperidine rings is 1. The maximum atomic E-state index is 13.2. The lowest BCUT2D eigenvalue weighted by atomic mass is 9.90. The lowest BCUT2D eigenvalue weighted by molar-refractivity contribution is -0.137. The van der Waals surface area contributed by atoms with Crippen molar-refractivity contribution in [3.05, 3.63) is 89.4 Å². The van der Waals surface area contributed by atoms with Crippen LogP contribution in [0.4, 0.5) is 29.6 Å². The Balaban J connectivity index is 1.41. The number of aromatic nitrogens is 4. The highest BCUT2D eigenvalue weighted by atomic mass is 19.4. The van der Waals surface area contributed by atoms with E-state index < -0.39 is 23.7 Å². The maximum absolute atomic E-state index is 13.2. The fraction of sp³-hybridized carbons (Fsp3) is 0.306. The first-order chi connectivity index (χ1) is 24.9. The van der Waals surface area contributed by atoms with Gasteiger partial charge in [-0.25, -0.2) is 19.4 Å². The van der Waals surface area contributed by atoms with Crippen LogP contribution in [0.3, 0.4) is 0 Å². The second-order valence-corrected chi connectivity index (χ2v) is 12.2. The lowest BCUT2D eigenvalue weighted by Crippen LogP contribution is -2.44. The van der Waals surface area contributed by atoms with Crippen LogP contribution in [0, 0.1) is 0 Å². The number of rotatable bonds is 10. The summed E-state index contributed by atoms with van der Waals surface area (Å²) in [6.07, 6.45) is -1.65. The van der Waals surface area contributed by atoms with Crippen LogP contribution in [-0.4, -0.2) is 75.7 Å². The van der Waals surface area contributed by atoms with Gasteiger partial charge in [0.25, 0.3) is 5.91 Å². The van der Waals surface area contributed by atoms with Gasteiger partial charge in [0.05, 0.1) is 32.6 Å². The number of likely N-dealkylation sites (tertiary alicyclic amines) is 1. The Bertz CT molecular complexity index is 2120. The van der Waals surface area contributed by atoms with Crippen molar-refractivity contribution in [3.8, 4) is 22.9 Å². The average Bonchev–Trinajstić information content (AvgIpc) is 3.53. The fourth-order valence-electron chi connectivity index (χ4n) is 6.32. The normalized spacial score (nSPS) is 16.0. The molecule has 5 aromatic rings. The largest absolute Gasteiger partial charge is 0.497 e. The van der Waals surface area contributed by atoms with Crippen molar-refractivity contribution < 1.29 is 42.1 Å². The number of pyridine rings is 2. The highest BCUT2D eigenvalue weighted by molar-refractivity contribution is 6.04. The second kappa shape index (κ2) is 14.7. The van der Waals surface area contributed by atoms with Gasteiger partial charge in [0.2, 0.25) is 0 Å². The minimum absolute atomic E-state index is 0.0953. The molecule has 1 aliphatic rings. The van der Waals surface area contributed by atoms with E-state index in [-0.39, 0.29) is 35.6 Å². The van der Waals surface area contributed by atoms with Gasteiger partial charge in [-0.15, -0.1) is 0 Å². The van der Waals surface area contributed by atoms with E-state index in [9.17, 15) is 27.9 Å². The van der Waals surface area contributed by atoms with Gasteiger partial charge in [-0.05, 0) is 68.3 Å². The summed E-state index contributed by atoms with van der Waals surface area (Å²) >= 11 is 0. The smallest absolute Gasteiger partial charge is 0.416 e. The average molecular weight is 720 g/mol. The summed E-state index contributed by atoms with van der Waals surface area (Å²) in [4.78, 5) is 35.2. The summed E-state index contributed by atoms with van der Waals surface area (Å²) in [7, 11) is 4.55. The van der Waals surface area contributed by atoms with Crippen LogP contribution in [0.25, 0.3) is 16.6 Å². The Labute approximate surface area is 296 Å². The number of halogens is 3. The van der Waals surface area contributed by atoms with Crippen LogP contribution in [0.15, 0.2) is 67.0 Å². The number of anilines is 2. The Morgan fingerprint density at radius 1 is 0.942 bits per heavy atom. The van der Waals surface area contributed by atoms with Gasteiger partial charge in [0.15, 0.2) is 5.82 Å². The van der Waals surface area contributed by atoms with Gasteiger partial charge in [-0.3, -0.25) is 4.79 Å². The number of fused-ring (bicyclic) bond motifs is 1. The Morgan fingerprint density at radius 2 is 1.71 bits per heavy atom. The minimum Gasteiger partial charge on any atom is -0.497 e. The molecule has 2 amide bonds. The summed E-state index contributed by atoms with van der Waals surface area (Å²) in [5.74, 6) is 0.738. The van der Waals surface area contributed by atoms with E-state index in [1.807, 2.05) is 25.1 Å². The number of carbonyl (C=O) groups is 2. The van der Waals surface area contributed by atoms with Crippen molar-refractivity contribution in [1.82, 2.24) is 24.6 Å². The Hall–Kier alpha value is -6.06. The summed E-state index contributed by atoms with van der Waals surface area (Å²) < 4.78 is 58.0. The fourth-order valence-corrected chi connectivity index (χ4v) is 6.32. The predicted octanol–water partition coefficient (Wildman–Crippen LogP) is 6.97. The molecule has 2 aromatic carbocycles. The number of hydrogen-bond acceptors (Lipinski definition) is 9. The van der Waals surface area contributed by atoms with E-state index in [1.54, 1.807) is 37.2 Å². The minimum atomic E-state index is -4.61.